The number of aryl methyl sites for hydroxylation is 1. The van der Waals surface area contributed by atoms with Gasteiger partial charge in [0.05, 0.1) is 0 Å². The number of hydrogen-bond acceptors (Lipinski definition) is 4. The lowest BCUT2D eigenvalue weighted by Crippen LogP contribution is -2.07. The first-order valence-corrected chi connectivity index (χ1v) is 7.05. The molecule has 100 valence electrons. The summed E-state index contributed by atoms with van der Waals surface area (Å²) in [5, 5.41) is 6.45. The van der Waals surface area contributed by atoms with Crippen molar-refractivity contribution in [3.05, 3.63) is 46.1 Å². The van der Waals surface area contributed by atoms with E-state index in [1.54, 1.807) is 0 Å². The minimum Gasteiger partial charge on any atom is -0.366 e. The van der Waals surface area contributed by atoms with Gasteiger partial charge in [-0.3, -0.25) is 0 Å². The molecule has 19 heavy (non-hydrogen) atoms. The van der Waals surface area contributed by atoms with Gasteiger partial charge in [0.15, 0.2) is 0 Å². The smallest absolute Gasteiger partial charge is 0.224 e. The number of nitrogens with zero attached hydrogens (tertiary/aromatic N) is 2. The molecule has 0 spiro atoms. The number of halogens is 1. The number of anilines is 2. The van der Waals surface area contributed by atoms with Gasteiger partial charge in [-0.1, -0.05) is 34.1 Å². The van der Waals surface area contributed by atoms with Crippen LogP contribution in [0.1, 0.15) is 18.2 Å². The molecule has 0 aliphatic rings. The monoisotopic (exact) mass is 320 g/mol. The van der Waals surface area contributed by atoms with Crippen LogP contribution in [0.15, 0.2) is 34.8 Å². The van der Waals surface area contributed by atoms with Crippen LogP contribution in [-0.2, 0) is 6.54 Å². The third-order valence-corrected chi connectivity index (χ3v) is 3.38. The second kappa shape index (κ2) is 6.52. The molecule has 2 rings (SSSR count). The van der Waals surface area contributed by atoms with E-state index in [0.29, 0.717) is 5.95 Å². The van der Waals surface area contributed by atoms with Crippen molar-refractivity contribution in [1.29, 1.82) is 0 Å². The van der Waals surface area contributed by atoms with Crippen LogP contribution in [0.3, 0.4) is 0 Å². The quantitative estimate of drug-likeness (QED) is 0.883. The van der Waals surface area contributed by atoms with E-state index in [-0.39, 0.29) is 0 Å². The summed E-state index contributed by atoms with van der Waals surface area (Å²) in [7, 11) is 0. The van der Waals surface area contributed by atoms with Crippen LogP contribution in [0.5, 0.6) is 0 Å². The van der Waals surface area contributed by atoms with Gasteiger partial charge >= 0.3 is 0 Å². The summed E-state index contributed by atoms with van der Waals surface area (Å²) >= 11 is 3.54. The number of aromatic nitrogens is 2. The zero-order valence-electron chi connectivity index (χ0n) is 11.1. The highest BCUT2D eigenvalue weighted by Crippen LogP contribution is 2.17. The zero-order valence-corrected chi connectivity index (χ0v) is 12.7. The standard InChI is InChI=1S/C14H17BrN4/c1-3-16-14-18-10(2)8-13(19-14)17-9-11-6-4-5-7-12(11)15/h4-8H,3,9H2,1-2H3,(H2,16,17,18,19). The molecule has 0 aliphatic heterocycles. The maximum absolute atomic E-state index is 4.42. The van der Waals surface area contributed by atoms with Gasteiger partial charge in [-0.25, -0.2) is 4.98 Å². The Labute approximate surface area is 121 Å². The maximum Gasteiger partial charge on any atom is 0.224 e. The van der Waals surface area contributed by atoms with Crippen molar-refractivity contribution in [2.75, 3.05) is 17.2 Å². The van der Waals surface area contributed by atoms with E-state index < -0.39 is 0 Å². The van der Waals surface area contributed by atoms with E-state index in [1.165, 1.54) is 5.56 Å². The molecule has 0 saturated heterocycles. The molecule has 0 fully saturated rings. The third-order valence-electron chi connectivity index (χ3n) is 2.61. The molecule has 2 N–H and O–H groups in total. The minimum atomic E-state index is 0.664. The summed E-state index contributed by atoms with van der Waals surface area (Å²) in [4.78, 5) is 8.74. The average molecular weight is 321 g/mol. The minimum absolute atomic E-state index is 0.664. The van der Waals surface area contributed by atoms with E-state index in [2.05, 4.69) is 42.6 Å². The van der Waals surface area contributed by atoms with Crippen LogP contribution in [0.25, 0.3) is 0 Å². The first-order valence-electron chi connectivity index (χ1n) is 6.26. The fourth-order valence-electron chi connectivity index (χ4n) is 1.72. The van der Waals surface area contributed by atoms with Crippen molar-refractivity contribution < 1.29 is 0 Å². The van der Waals surface area contributed by atoms with Crippen molar-refractivity contribution in [2.24, 2.45) is 0 Å². The summed E-state index contributed by atoms with van der Waals surface area (Å²) < 4.78 is 1.10. The van der Waals surface area contributed by atoms with Crippen LogP contribution in [0.4, 0.5) is 11.8 Å². The Morgan fingerprint density at radius 3 is 2.68 bits per heavy atom. The Balaban J connectivity index is 2.09. The van der Waals surface area contributed by atoms with Crippen LogP contribution in [0.2, 0.25) is 0 Å². The van der Waals surface area contributed by atoms with Gasteiger partial charge in [0.25, 0.3) is 0 Å². The predicted octanol–water partition coefficient (Wildman–Crippen LogP) is 3.59. The summed E-state index contributed by atoms with van der Waals surface area (Å²) in [6.45, 7) is 5.53. The highest BCUT2D eigenvalue weighted by Gasteiger charge is 2.02. The number of hydrogen-bond donors (Lipinski definition) is 2. The summed E-state index contributed by atoms with van der Waals surface area (Å²) in [5.41, 5.74) is 2.14. The SMILES string of the molecule is CCNc1nc(C)cc(NCc2ccccc2Br)n1. The topological polar surface area (TPSA) is 49.8 Å². The summed E-state index contributed by atoms with van der Waals surface area (Å²) in [5.74, 6) is 1.50. The lowest BCUT2D eigenvalue weighted by molar-refractivity contribution is 1.03. The van der Waals surface area contributed by atoms with Crippen LogP contribution >= 0.6 is 15.9 Å². The van der Waals surface area contributed by atoms with Crippen molar-refractivity contribution in [1.82, 2.24) is 9.97 Å². The molecule has 0 bridgehead atoms. The van der Waals surface area contributed by atoms with Gasteiger partial charge < -0.3 is 10.6 Å². The summed E-state index contributed by atoms with van der Waals surface area (Å²) in [6.07, 6.45) is 0. The van der Waals surface area contributed by atoms with E-state index in [1.807, 2.05) is 38.1 Å². The van der Waals surface area contributed by atoms with Gasteiger partial charge in [-0.2, -0.15) is 4.98 Å². The predicted molar refractivity (Wildman–Crippen MR) is 82.4 cm³/mol. The fraction of sp³-hybridized carbons (Fsp3) is 0.286. The molecule has 2 aromatic rings. The Bertz CT molecular complexity index is 557. The Morgan fingerprint density at radius 1 is 1.16 bits per heavy atom. The van der Waals surface area contributed by atoms with E-state index in [4.69, 9.17) is 0 Å². The Morgan fingerprint density at radius 2 is 1.95 bits per heavy atom. The van der Waals surface area contributed by atoms with Crippen molar-refractivity contribution in [3.63, 3.8) is 0 Å². The molecular weight excluding hydrogens is 304 g/mol. The molecule has 0 unspecified atom stereocenters. The molecule has 1 aromatic heterocycles. The number of benzene rings is 1. The van der Waals surface area contributed by atoms with Gasteiger partial charge in [-0.05, 0) is 25.5 Å². The largest absolute Gasteiger partial charge is 0.366 e. The molecular formula is C14H17BrN4. The van der Waals surface area contributed by atoms with E-state index >= 15 is 0 Å². The normalized spacial score (nSPS) is 10.3. The second-order valence-electron chi connectivity index (χ2n) is 4.19. The van der Waals surface area contributed by atoms with Gasteiger partial charge in [-0.15, -0.1) is 0 Å². The third kappa shape index (κ3) is 3.92. The first kappa shape index (κ1) is 13.8. The second-order valence-corrected chi connectivity index (χ2v) is 5.05. The molecule has 1 aromatic carbocycles. The van der Waals surface area contributed by atoms with Crippen molar-refractivity contribution in [2.45, 2.75) is 20.4 Å². The lowest BCUT2D eigenvalue weighted by Gasteiger charge is -2.10. The molecule has 5 heteroatoms. The highest BCUT2D eigenvalue weighted by atomic mass is 79.9. The summed E-state index contributed by atoms with van der Waals surface area (Å²) in [6, 6.07) is 10.1. The molecule has 0 aliphatic carbocycles. The Kier molecular flexibility index (Phi) is 4.74. The molecule has 0 atom stereocenters. The lowest BCUT2D eigenvalue weighted by atomic mass is 10.2. The molecule has 0 saturated carbocycles. The van der Waals surface area contributed by atoms with E-state index in [9.17, 15) is 0 Å². The van der Waals surface area contributed by atoms with E-state index in [0.717, 1.165) is 29.1 Å². The van der Waals surface area contributed by atoms with Gasteiger partial charge in [0, 0.05) is 29.3 Å². The molecule has 1 heterocycles. The zero-order chi connectivity index (χ0) is 13.7. The highest BCUT2D eigenvalue weighted by molar-refractivity contribution is 9.10. The fourth-order valence-corrected chi connectivity index (χ4v) is 2.15. The molecule has 0 amide bonds. The van der Waals surface area contributed by atoms with Crippen LogP contribution in [0, 0.1) is 6.92 Å². The van der Waals surface area contributed by atoms with Crippen LogP contribution < -0.4 is 10.6 Å². The number of rotatable bonds is 5. The van der Waals surface area contributed by atoms with Gasteiger partial charge in [0.2, 0.25) is 5.95 Å². The Hall–Kier alpha value is -1.62. The van der Waals surface area contributed by atoms with Crippen molar-refractivity contribution >= 4 is 27.7 Å². The van der Waals surface area contributed by atoms with Gasteiger partial charge in [0.1, 0.15) is 5.82 Å². The number of nitrogens with one attached hydrogen (secondary N) is 2. The molecule has 0 radical (unpaired) electrons. The first-order chi connectivity index (χ1) is 9.19. The van der Waals surface area contributed by atoms with Crippen LogP contribution in [-0.4, -0.2) is 16.5 Å². The maximum atomic E-state index is 4.42. The average Bonchev–Trinajstić information content (AvgIpc) is 2.37. The van der Waals surface area contributed by atoms with Crippen molar-refractivity contribution in [3.8, 4) is 0 Å². The molecule has 4 nitrogen and oxygen atoms in total.